The van der Waals surface area contributed by atoms with Crippen LogP contribution in [0.2, 0.25) is 0 Å². The lowest BCUT2D eigenvalue weighted by molar-refractivity contribution is 0.0629. The molecule has 110 valence electrons. The Morgan fingerprint density at radius 3 is 2.75 bits per heavy atom. The molecule has 1 saturated carbocycles. The molecule has 1 aromatic rings. The normalized spacial score (nSPS) is 22.4. The van der Waals surface area contributed by atoms with E-state index in [0.717, 1.165) is 17.8 Å². The van der Waals surface area contributed by atoms with Gasteiger partial charge in [0.05, 0.1) is 11.3 Å². The molecular weight excluding hydrogens is 250 g/mol. The number of amides is 1. The molecule has 1 aliphatic rings. The lowest BCUT2D eigenvalue weighted by Crippen LogP contribution is -2.42. The first kappa shape index (κ1) is 14.8. The number of carbonyl (C=O) groups excluding carboxylic acids is 1. The van der Waals surface area contributed by atoms with Crippen molar-refractivity contribution in [1.82, 2.24) is 9.88 Å². The van der Waals surface area contributed by atoms with Crippen LogP contribution in [0.1, 0.15) is 48.7 Å². The molecule has 1 aliphatic carbocycles. The van der Waals surface area contributed by atoms with Crippen molar-refractivity contribution in [3.63, 3.8) is 0 Å². The van der Waals surface area contributed by atoms with Gasteiger partial charge >= 0.3 is 0 Å². The highest BCUT2D eigenvalue weighted by Crippen LogP contribution is 2.29. The third-order valence-electron chi connectivity index (χ3n) is 4.42. The predicted molar refractivity (Wildman–Crippen MR) is 82.0 cm³/mol. The monoisotopic (exact) mass is 275 g/mol. The zero-order valence-electron chi connectivity index (χ0n) is 12.9. The van der Waals surface area contributed by atoms with Gasteiger partial charge in [-0.2, -0.15) is 0 Å². The molecule has 4 heteroatoms. The van der Waals surface area contributed by atoms with Crippen molar-refractivity contribution >= 4 is 11.6 Å². The maximum atomic E-state index is 12.7. The fourth-order valence-corrected chi connectivity index (χ4v) is 3.15. The summed E-state index contributed by atoms with van der Waals surface area (Å²) in [4.78, 5) is 18.9. The van der Waals surface area contributed by atoms with E-state index in [1.54, 1.807) is 6.20 Å². The minimum atomic E-state index is 0.0700. The summed E-state index contributed by atoms with van der Waals surface area (Å²) < 4.78 is 0. The van der Waals surface area contributed by atoms with Crippen molar-refractivity contribution in [2.24, 2.45) is 5.92 Å². The molecule has 0 radical (unpaired) electrons. The number of aryl methyl sites for hydroxylation is 1. The van der Waals surface area contributed by atoms with Crippen LogP contribution < -0.4 is 5.32 Å². The van der Waals surface area contributed by atoms with Gasteiger partial charge in [-0.25, -0.2) is 0 Å². The molecule has 1 fully saturated rings. The van der Waals surface area contributed by atoms with Crippen molar-refractivity contribution in [2.45, 2.75) is 45.6 Å². The molecule has 2 unspecified atom stereocenters. The van der Waals surface area contributed by atoms with Gasteiger partial charge in [0.1, 0.15) is 0 Å². The zero-order chi connectivity index (χ0) is 14.7. The van der Waals surface area contributed by atoms with Crippen LogP contribution in [-0.2, 0) is 0 Å². The highest BCUT2D eigenvalue weighted by molar-refractivity contribution is 5.99. The van der Waals surface area contributed by atoms with E-state index in [1.165, 1.54) is 19.3 Å². The molecule has 1 N–H and O–H groups in total. The van der Waals surface area contributed by atoms with Crippen molar-refractivity contribution in [2.75, 3.05) is 19.4 Å². The number of anilines is 1. The van der Waals surface area contributed by atoms with Crippen LogP contribution in [0.3, 0.4) is 0 Å². The molecule has 0 aliphatic heterocycles. The van der Waals surface area contributed by atoms with E-state index in [1.807, 2.05) is 32.0 Å². The Labute approximate surface area is 121 Å². The van der Waals surface area contributed by atoms with Crippen LogP contribution in [0.5, 0.6) is 0 Å². The smallest absolute Gasteiger partial charge is 0.257 e. The van der Waals surface area contributed by atoms with E-state index in [9.17, 15) is 4.79 Å². The minimum Gasteiger partial charge on any atom is -0.387 e. The summed E-state index contributed by atoms with van der Waals surface area (Å²) in [5.41, 5.74) is 2.44. The molecule has 2 atom stereocenters. The topological polar surface area (TPSA) is 45.2 Å². The van der Waals surface area contributed by atoms with Crippen LogP contribution >= 0.6 is 0 Å². The molecule has 4 nitrogen and oxygen atoms in total. The van der Waals surface area contributed by atoms with Crippen LogP contribution in [0.4, 0.5) is 5.69 Å². The molecule has 1 amide bonds. The Balaban J connectivity index is 2.22. The van der Waals surface area contributed by atoms with Crippen molar-refractivity contribution in [3.05, 3.63) is 23.5 Å². The molecule has 0 bridgehead atoms. The van der Waals surface area contributed by atoms with E-state index in [-0.39, 0.29) is 5.91 Å². The second-order valence-electron chi connectivity index (χ2n) is 5.87. The van der Waals surface area contributed by atoms with Gasteiger partial charge in [0, 0.05) is 32.0 Å². The summed E-state index contributed by atoms with van der Waals surface area (Å²) in [6.45, 7) is 4.18. The predicted octanol–water partition coefficient (Wildman–Crippen LogP) is 3.08. The van der Waals surface area contributed by atoms with Crippen LogP contribution in [0, 0.1) is 12.8 Å². The Bertz CT molecular complexity index is 487. The van der Waals surface area contributed by atoms with Gasteiger partial charge in [0.25, 0.3) is 5.91 Å². The number of carbonyl (C=O) groups is 1. The molecule has 0 aromatic carbocycles. The summed E-state index contributed by atoms with van der Waals surface area (Å²) in [5, 5.41) is 3.10. The highest BCUT2D eigenvalue weighted by atomic mass is 16.2. The average molecular weight is 275 g/mol. The fourth-order valence-electron chi connectivity index (χ4n) is 3.15. The summed E-state index contributed by atoms with van der Waals surface area (Å²) in [5.74, 6) is 0.648. The van der Waals surface area contributed by atoms with Gasteiger partial charge in [0.15, 0.2) is 0 Å². The van der Waals surface area contributed by atoms with E-state index in [2.05, 4.69) is 17.2 Å². The van der Waals surface area contributed by atoms with Crippen LogP contribution in [0.25, 0.3) is 0 Å². The Kier molecular flexibility index (Phi) is 4.63. The lowest BCUT2D eigenvalue weighted by atomic mass is 9.85. The van der Waals surface area contributed by atoms with Crippen LogP contribution in [-0.4, -0.2) is 35.9 Å². The minimum absolute atomic E-state index is 0.0700. The van der Waals surface area contributed by atoms with Crippen molar-refractivity contribution in [3.8, 4) is 0 Å². The first-order valence-electron chi connectivity index (χ1n) is 7.46. The van der Waals surface area contributed by atoms with Gasteiger partial charge < -0.3 is 10.2 Å². The fraction of sp³-hybridized carbons (Fsp3) is 0.625. The maximum absolute atomic E-state index is 12.7. The molecule has 1 aromatic heterocycles. The third-order valence-corrected chi connectivity index (χ3v) is 4.42. The number of pyridine rings is 1. The number of aromatic nitrogens is 1. The summed E-state index contributed by atoms with van der Waals surface area (Å²) in [6.07, 6.45) is 6.52. The molecular formula is C16H25N3O. The third kappa shape index (κ3) is 2.94. The van der Waals surface area contributed by atoms with Gasteiger partial charge in [-0.1, -0.05) is 19.8 Å². The van der Waals surface area contributed by atoms with E-state index in [4.69, 9.17) is 0 Å². The van der Waals surface area contributed by atoms with Gasteiger partial charge in [-0.3, -0.25) is 9.78 Å². The molecule has 0 spiro atoms. The van der Waals surface area contributed by atoms with Gasteiger partial charge in [-0.15, -0.1) is 0 Å². The summed E-state index contributed by atoms with van der Waals surface area (Å²) in [7, 11) is 3.77. The number of nitrogens with one attached hydrogen (secondary N) is 1. The van der Waals surface area contributed by atoms with Crippen molar-refractivity contribution in [1.29, 1.82) is 0 Å². The second-order valence-corrected chi connectivity index (χ2v) is 5.87. The summed E-state index contributed by atoms with van der Waals surface area (Å²) >= 11 is 0. The molecule has 20 heavy (non-hydrogen) atoms. The SMILES string of the molecule is CNc1cc(C)ncc1C(=O)N(C)C1CCCCC1C. The number of hydrogen-bond acceptors (Lipinski definition) is 3. The number of rotatable bonds is 3. The largest absolute Gasteiger partial charge is 0.387 e. The average Bonchev–Trinajstić information content (AvgIpc) is 2.46. The van der Waals surface area contributed by atoms with E-state index >= 15 is 0 Å². The number of nitrogens with zero attached hydrogens (tertiary/aromatic N) is 2. The van der Waals surface area contributed by atoms with E-state index < -0.39 is 0 Å². The molecule has 2 rings (SSSR count). The summed E-state index contributed by atoms with van der Waals surface area (Å²) in [6, 6.07) is 2.27. The molecule has 1 heterocycles. The second kappa shape index (κ2) is 6.25. The van der Waals surface area contributed by atoms with Gasteiger partial charge in [0.2, 0.25) is 0 Å². The Morgan fingerprint density at radius 2 is 2.10 bits per heavy atom. The number of hydrogen-bond donors (Lipinski definition) is 1. The molecule has 0 saturated heterocycles. The van der Waals surface area contributed by atoms with Crippen molar-refractivity contribution < 1.29 is 4.79 Å². The Hall–Kier alpha value is -1.58. The highest BCUT2D eigenvalue weighted by Gasteiger charge is 2.29. The Morgan fingerprint density at radius 1 is 1.40 bits per heavy atom. The standard InChI is InChI=1S/C16H25N3O/c1-11-7-5-6-8-15(11)19(4)16(20)13-10-18-12(2)9-14(13)17-3/h9-11,15H,5-8H2,1-4H3,(H,17,18). The quantitative estimate of drug-likeness (QED) is 0.922. The van der Waals surface area contributed by atoms with Crippen LogP contribution in [0.15, 0.2) is 12.3 Å². The van der Waals surface area contributed by atoms with Gasteiger partial charge in [-0.05, 0) is 31.7 Å². The maximum Gasteiger partial charge on any atom is 0.257 e. The first-order valence-corrected chi connectivity index (χ1v) is 7.46. The zero-order valence-corrected chi connectivity index (χ0v) is 12.9. The first-order chi connectivity index (χ1) is 9.54. The lowest BCUT2D eigenvalue weighted by Gasteiger charge is -2.36. The van der Waals surface area contributed by atoms with E-state index in [0.29, 0.717) is 17.5 Å².